The minimum Gasteiger partial charge on any atom is -0.426 e. The average molecular weight is 228 g/mol. The van der Waals surface area contributed by atoms with Crippen LogP contribution in [0.4, 0.5) is 0 Å². The molecule has 1 aromatic carbocycles. The number of ether oxygens (including phenoxy) is 1. The second-order valence-electron chi connectivity index (χ2n) is 3.36. The number of hydrogen-bond donors (Lipinski definition) is 2. The van der Waals surface area contributed by atoms with Crippen molar-refractivity contribution < 1.29 is 14.8 Å². The molecule has 82 valence electrons. The number of halogens is 1. The van der Waals surface area contributed by atoms with Gasteiger partial charge in [0.1, 0.15) is 0 Å². The second kappa shape index (κ2) is 6.13. The molecule has 5 heteroatoms. The van der Waals surface area contributed by atoms with Crippen LogP contribution in [0.15, 0.2) is 30.3 Å². The van der Waals surface area contributed by atoms with E-state index in [2.05, 4.69) is 0 Å². The Morgan fingerprint density at radius 2 is 1.93 bits per heavy atom. The van der Waals surface area contributed by atoms with Gasteiger partial charge in [0.15, 0.2) is 0 Å². The third-order valence-corrected chi connectivity index (χ3v) is 2.67. The summed E-state index contributed by atoms with van der Waals surface area (Å²) in [6.45, 7) is 2.12. The molecule has 0 bridgehead atoms. The maximum atomic E-state index is 8.83. The SMILES string of the molecule is CC(OCc1ccccc1)C(Cl)B(O)O. The standard InChI is InChI=1S/C10H14BClO3/c1-8(10(12)11(13)14)15-7-9-5-3-2-4-6-9/h2-6,8,10,13-14H,7H2,1H3. The lowest BCUT2D eigenvalue weighted by Crippen LogP contribution is -2.36. The quantitative estimate of drug-likeness (QED) is 0.588. The highest BCUT2D eigenvalue weighted by Gasteiger charge is 2.27. The zero-order chi connectivity index (χ0) is 11.3. The minimum atomic E-state index is -1.56. The molecule has 0 saturated carbocycles. The maximum absolute atomic E-state index is 8.83. The van der Waals surface area contributed by atoms with Crippen LogP contribution in [-0.2, 0) is 11.3 Å². The summed E-state index contributed by atoms with van der Waals surface area (Å²) in [6, 6.07) is 9.64. The summed E-state index contributed by atoms with van der Waals surface area (Å²) in [5.74, 6) is 0. The van der Waals surface area contributed by atoms with Crippen LogP contribution < -0.4 is 0 Å². The molecular weight excluding hydrogens is 214 g/mol. The Kier molecular flexibility index (Phi) is 5.12. The molecule has 0 spiro atoms. The van der Waals surface area contributed by atoms with Gasteiger partial charge in [0, 0.05) is 0 Å². The predicted molar refractivity (Wildman–Crippen MR) is 60.5 cm³/mol. The molecule has 2 unspecified atom stereocenters. The van der Waals surface area contributed by atoms with Crippen LogP contribution in [0.1, 0.15) is 12.5 Å². The van der Waals surface area contributed by atoms with E-state index >= 15 is 0 Å². The summed E-state index contributed by atoms with van der Waals surface area (Å²) in [5.41, 5.74) is 1.03. The van der Waals surface area contributed by atoms with Gasteiger partial charge in [-0.25, -0.2) is 0 Å². The highest BCUT2D eigenvalue weighted by atomic mass is 35.5. The van der Waals surface area contributed by atoms with E-state index in [1.165, 1.54) is 0 Å². The van der Waals surface area contributed by atoms with E-state index in [-0.39, 0.29) is 0 Å². The zero-order valence-electron chi connectivity index (χ0n) is 8.51. The van der Waals surface area contributed by atoms with Gasteiger partial charge < -0.3 is 14.8 Å². The fourth-order valence-corrected chi connectivity index (χ4v) is 1.21. The van der Waals surface area contributed by atoms with Crippen molar-refractivity contribution in [3.05, 3.63) is 35.9 Å². The predicted octanol–water partition coefficient (Wildman–Crippen LogP) is 1.21. The highest BCUT2D eigenvalue weighted by molar-refractivity contribution is 6.57. The summed E-state index contributed by atoms with van der Waals surface area (Å²) in [5, 5.41) is 16.9. The molecule has 1 rings (SSSR count). The van der Waals surface area contributed by atoms with Gasteiger partial charge >= 0.3 is 7.12 Å². The summed E-state index contributed by atoms with van der Waals surface area (Å²) in [4.78, 5) is 0. The van der Waals surface area contributed by atoms with E-state index in [1.807, 2.05) is 30.3 Å². The molecule has 1 aromatic rings. The Bertz CT molecular complexity index is 281. The molecule has 2 N–H and O–H groups in total. The fourth-order valence-electron chi connectivity index (χ4n) is 1.14. The molecule has 0 saturated heterocycles. The zero-order valence-corrected chi connectivity index (χ0v) is 9.26. The van der Waals surface area contributed by atoms with Crippen molar-refractivity contribution in [1.82, 2.24) is 0 Å². The second-order valence-corrected chi connectivity index (χ2v) is 3.86. The number of benzene rings is 1. The van der Waals surface area contributed by atoms with Crippen molar-refractivity contribution in [3.63, 3.8) is 0 Å². The van der Waals surface area contributed by atoms with Gasteiger partial charge in [0.25, 0.3) is 0 Å². The molecule has 0 aromatic heterocycles. The molecule has 0 radical (unpaired) electrons. The molecule has 0 aliphatic rings. The number of alkyl halides is 1. The van der Waals surface area contributed by atoms with E-state index in [1.54, 1.807) is 6.92 Å². The molecule has 2 atom stereocenters. The summed E-state index contributed by atoms with van der Waals surface area (Å²) in [7, 11) is -1.56. The third kappa shape index (κ3) is 4.22. The summed E-state index contributed by atoms with van der Waals surface area (Å²) in [6.07, 6.45) is -0.410. The van der Waals surface area contributed by atoms with Gasteiger partial charge in [-0.1, -0.05) is 30.3 Å². The molecule has 0 aliphatic heterocycles. The summed E-state index contributed by atoms with van der Waals surface area (Å²) < 4.78 is 5.40. The first kappa shape index (κ1) is 12.5. The van der Waals surface area contributed by atoms with Crippen LogP contribution in [0, 0.1) is 0 Å². The van der Waals surface area contributed by atoms with Crippen LogP contribution in [0.3, 0.4) is 0 Å². The van der Waals surface area contributed by atoms with Crippen LogP contribution in [-0.4, -0.2) is 28.5 Å². The lowest BCUT2D eigenvalue weighted by molar-refractivity contribution is 0.0567. The lowest BCUT2D eigenvalue weighted by atomic mass is 9.82. The van der Waals surface area contributed by atoms with Crippen LogP contribution in [0.5, 0.6) is 0 Å². The van der Waals surface area contributed by atoms with E-state index in [0.717, 1.165) is 5.56 Å². The van der Waals surface area contributed by atoms with Gasteiger partial charge in [0.05, 0.1) is 18.0 Å². The molecule has 0 fully saturated rings. The van der Waals surface area contributed by atoms with E-state index in [0.29, 0.717) is 6.61 Å². The first-order valence-electron chi connectivity index (χ1n) is 4.77. The molecular formula is C10H14BClO3. The normalized spacial score (nSPS) is 14.7. The molecule has 0 aliphatic carbocycles. The third-order valence-electron chi connectivity index (χ3n) is 2.09. The number of rotatable bonds is 5. The Hall–Kier alpha value is -0.545. The van der Waals surface area contributed by atoms with Crippen molar-refractivity contribution in [2.75, 3.05) is 0 Å². The topological polar surface area (TPSA) is 49.7 Å². The minimum absolute atomic E-state index is 0.410. The van der Waals surface area contributed by atoms with Crippen LogP contribution in [0.25, 0.3) is 0 Å². The van der Waals surface area contributed by atoms with Gasteiger partial charge in [0.2, 0.25) is 0 Å². The monoisotopic (exact) mass is 228 g/mol. The largest absolute Gasteiger partial charge is 0.473 e. The molecule has 3 nitrogen and oxygen atoms in total. The van der Waals surface area contributed by atoms with Gasteiger partial charge in [-0.2, -0.15) is 0 Å². The van der Waals surface area contributed by atoms with Gasteiger partial charge in [-0.3, -0.25) is 0 Å². The van der Waals surface area contributed by atoms with Crippen LogP contribution in [0.2, 0.25) is 0 Å². The lowest BCUT2D eigenvalue weighted by Gasteiger charge is -2.17. The van der Waals surface area contributed by atoms with E-state index in [4.69, 9.17) is 26.4 Å². The maximum Gasteiger partial charge on any atom is 0.473 e. The molecule has 0 amide bonds. The highest BCUT2D eigenvalue weighted by Crippen LogP contribution is 2.11. The van der Waals surface area contributed by atoms with Crippen molar-refractivity contribution in [2.45, 2.75) is 24.9 Å². The first-order valence-corrected chi connectivity index (χ1v) is 5.20. The van der Waals surface area contributed by atoms with Crippen molar-refractivity contribution in [1.29, 1.82) is 0 Å². The Morgan fingerprint density at radius 1 is 1.33 bits per heavy atom. The fraction of sp³-hybridized carbons (Fsp3) is 0.400. The first-order chi connectivity index (χ1) is 7.11. The van der Waals surface area contributed by atoms with Gasteiger partial charge in [-0.15, -0.1) is 11.6 Å². The smallest absolute Gasteiger partial charge is 0.426 e. The molecule has 0 heterocycles. The summed E-state index contributed by atoms with van der Waals surface area (Å²) >= 11 is 5.71. The average Bonchev–Trinajstić information content (AvgIpc) is 2.26. The number of hydrogen-bond acceptors (Lipinski definition) is 3. The molecule has 15 heavy (non-hydrogen) atoms. The van der Waals surface area contributed by atoms with E-state index in [9.17, 15) is 0 Å². The Balaban J connectivity index is 2.37. The van der Waals surface area contributed by atoms with E-state index < -0.39 is 18.5 Å². The van der Waals surface area contributed by atoms with Crippen molar-refractivity contribution in [2.24, 2.45) is 0 Å². The van der Waals surface area contributed by atoms with Gasteiger partial charge in [-0.05, 0) is 12.5 Å². The van der Waals surface area contributed by atoms with Crippen molar-refractivity contribution in [3.8, 4) is 0 Å². The Morgan fingerprint density at radius 3 is 2.47 bits per heavy atom. The van der Waals surface area contributed by atoms with Crippen LogP contribution >= 0.6 is 11.6 Å². The van der Waals surface area contributed by atoms with Crippen molar-refractivity contribution >= 4 is 18.7 Å². The Labute approximate surface area is 94.8 Å².